The van der Waals surface area contributed by atoms with E-state index in [0.717, 1.165) is 0 Å². The number of carbonyl (C=O) groups excluding carboxylic acids is 1. The van der Waals surface area contributed by atoms with Crippen molar-refractivity contribution in [2.24, 2.45) is 10.2 Å². The van der Waals surface area contributed by atoms with E-state index in [9.17, 15) is 9.90 Å². The molecule has 0 atom stereocenters. The zero-order valence-electron chi connectivity index (χ0n) is 10.00. The van der Waals surface area contributed by atoms with Crippen molar-refractivity contribution in [3.05, 3.63) is 40.2 Å². The molecule has 0 heterocycles. The van der Waals surface area contributed by atoms with E-state index in [2.05, 4.69) is 30.9 Å². The lowest BCUT2D eigenvalue weighted by Crippen LogP contribution is -2.08. The number of allylic oxidation sites excluding steroid dienone is 1. The Labute approximate surface area is 118 Å². The number of azo groups is 1. The van der Waals surface area contributed by atoms with Crippen molar-refractivity contribution in [2.75, 3.05) is 6.61 Å². The number of carbonyl (C=O) groups is 1. The van der Waals surface area contributed by atoms with Crippen molar-refractivity contribution in [3.8, 4) is 6.07 Å². The lowest BCUT2D eigenvalue weighted by Gasteiger charge is -2.01. The summed E-state index contributed by atoms with van der Waals surface area (Å²) in [5.41, 5.74) is -0.0739. The Morgan fingerprint density at radius 2 is 2.21 bits per heavy atom. The summed E-state index contributed by atoms with van der Waals surface area (Å²) in [5, 5.41) is 25.3. The van der Waals surface area contributed by atoms with E-state index < -0.39 is 17.4 Å². The lowest BCUT2D eigenvalue weighted by atomic mass is 10.3. The fourth-order valence-electron chi connectivity index (χ4n) is 1.07. The van der Waals surface area contributed by atoms with Gasteiger partial charge in [-0.1, -0.05) is 12.1 Å². The standard InChI is InChI=1S/C12H10BrN3O3/c1-2-19-12(18)11(10(17)7-14)16-15-9-6-4-3-5-8(9)13/h3-6,17H,2H2,1H3/b11-10-,16-15?. The summed E-state index contributed by atoms with van der Waals surface area (Å²) in [4.78, 5) is 11.5. The van der Waals surface area contributed by atoms with Gasteiger partial charge in [0.15, 0.2) is 0 Å². The molecule has 0 bridgehead atoms. The molecule has 0 aliphatic heterocycles. The van der Waals surface area contributed by atoms with Crippen molar-refractivity contribution >= 4 is 27.6 Å². The third-order valence-corrected chi connectivity index (χ3v) is 2.58. The molecule has 7 heteroatoms. The molecular formula is C12H10BrN3O3. The maximum atomic E-state index is 11.5. The van der Waals surface area contributed by atoms with E-state index in [4.69, 9.17) is 5.26 Å². The molecule has 1 N–H and O–H groups in total. The number of halogens is 1. The first-order valence-electron chi connectivity index (χ1n) is 5.26. The van der Waals surface area contributed by atoms with E-state index >= 15 is 0 Å². The van der Waals surface area contributed by atoms with Crippen molar-refractivity contribution in [1.29, 1.82) is 5.26 Å². The molecule has 19 heavy (non-hydrogen) atoms. The van der Waals surface area contributed by atoms with Gasteiger partial charge in [0.25, 0.3) is 0 Å². The monoisotopic (exact) mass is 323 g/mol. The van der Waals surface area contributed by atoms with Gasteiger partial charge < -0.3 is 9.84 Å². The quantitative estimate of drug-likeness (QED) is 0.229. The molecule has 0 radical (unpaired) electrons. The van der Waals surface area contributed by atoms with Gasteiger partial charge in [0, 0.05) is 4.47 Å². The van der Waals surface area contributed by atoms with E-state index in [1.165, 1.54) is 6.07 Å². The summed E-state index contributed by atoms with van der Waals surface area (Å²) in [6.45, 7) is 1.70. The zero-order valence-corrected chi connectivity index (χ0v) is 11.6. The Bertz CT molecular complexity index is 576. The lowest BCUT2D eigenvalue weighted by molar-refractivity contribution is -0.138. The number of hydrogen-bond donors (Lipinski definition) is 1. The molecule has 0 fully saturated rings. The molecule has 0 saturated carbocycles. The second kappa shape index (κ2) is 7.28. The summed E-state index contributed by atoms with van der Waals surface area (Å²) in [6, 6.07) is 8.34. The third-order valence-electron chi connectivity index (χ3n) is 1.91. The smallest absolute Gasteiger partial charge is 0.363 e. The molecule has 0 aliphatic carbocycles. The Morgan fingerprint density at radius 1 is 1.53 bits per heavy atom. The molecule has 1 rings (SSSR count). The van der Waals surface area contributed by atoms with Crippen LogP contribution in [0.5, 0.6) is 0 Å². The Kier molecular flexibility index (Phi) is 5.70. The first-order valence-corrected chi connectivity index (χ1v) is 6.06. The summed E-state index contributed by atoms with van der Waals surface area (Å²) >= 11 is 3.25. The minimum Gasteiger partial charge on any atom is -0.498 e. The topological polar surface area (TPSA) is 95.0 Å². The minimum absolute atomic E-state index is 0.103. The average molecular weight is 324 g/mol. The van der Waals surface area contributed by atoms with Crippen LogP contribution in [0.15, 0.2) is 50.4 Å². The van der Waals surface area contributed by atoms with Crippen molar-refractivity contribution in [1.82, 2.24) is 0 Å². The molecule has 0 spiro atoms. The molecule has 0 unspecified atom stereocenters. The van der Waals surface area contributed by atoms with Gasteiger partial charge in [0.1, 0.15) is 6.07 Å². The predicted octanol–water partition coefficient (Wildman–Crippen LogP) is 3.39. The van der Waals surface area contributed by atoms with Crippen LogP contribution in [0.2, 0.25) is 0 Å². The van der Waals surface area contributed by atoms with Gasteiger partial charge in [0.2, 0.25) is 11.5 Å². The maximum absolute atomic E-state index is 11.5. The number of nitrogens with zero attached hydrogens (tertiary/aromatic N) is 3. The largest absolute Gasteiger partial charge is 0.498 e. The van der Waals surface area contributed by atoms with Crippen LogP contribution in [0, 0.1) is 11.3 Å². The van der Waals surface area contributed by atoms with E-state index in [1.807, 2.05) is 0 Å². The van der Waals surface area contributed by atoms with E-state index in [-0.39, 0.29) is 6.61 Å². The number of nitriles is 1. The Balaban J connectivity index is 3.07. The number of esters is 1. The molecule has 6 nitrogen and oxygen atoms in total. The zero-order chi connectivity index (χ0) is 14.3. The SMILES string of the molecule is CCOC(=O)/C(N=Nc1ccccc1Br)=C(/O)C#N. The number of rotatable bonds is 4. The second-order valence-electron chi connectivity index (χ2n) is 3.18. The first-order chi connectivity index (χ1) is 9.10. The maximum Gasteiger partial charge on any atom is 0.363 e. The van der Waals surface area contributed by atoms with Crippen LogP contribution in [0.3, 0.4) is 0 Å². The number of aliphatic hydroxyl groups is 1. The van der Waals surface area contributed by atoms with Gasteiger partial charge >= 0.3 is 5.97 Å². The van der Waals surface area contributed by atoms with Crippen LogP contribution >= 0.6 is 15.9 Å². The highest BCUT2D eigenvalue weighted by Crippen LogP contribution is 2.25. The van der Waals surface area contributed by atoms with Crippen LogP contribution in [0.4, 0.5) is 5.69 Å². The van der Waals surface area contributed by atoms with E-state index in [0.29, 0.717) is 10.2 Å². The molecule has 0 aliphatic rings. The minimum atomic E-state index is -0.905. The number of benzene rings is 1. The van der Waals surface area contributed by atoms with Crippen molar-refractivity contribution in [3.63, 3.8) is 0 Å². The predicted molar refractivity (Wildman–Crippen MR) is 70.6 cm³/mol. The third kappa shape index (κ3) is 4.19. The molecule has 98 valence electrons. The van der Waals surface area contributed by atoms with Gasteiger partial charge in [-0.3, -0.25) is 0 Å². The van der Waals surface area contributed by atoms with Gasteiger partial charge in [-0.2, -0.15) is 5.26 Å². The molecule has 0 saturated heterocycles. The fraction of sp³-hybridized carbons (Fsp3) is 0.167. The molecule has 1 aromatic carbocycles. The number of aliphatic hydroxyl groups excluding tert-OH is 1. The van der Waals surface area contributed by atoms with Crippen LogP contribution in [0.25, 0.3) is 0 Å². The first kappa shape index (κ1) is 14.9. The Hall–Kier alpha value is -2.20. The van der Waals surface area contributed by atoms with Crippen LogP contribution in [-0.2, 0) is 9.53 Å². The van der Waals surface area contributed by atoms with E-state index in [1.54, 1.807) is 31.2 Å². The van der Waals surface area contributed by atoms with Gasteiger partial charge in [-0.05, 0) is 35.0 Å². The normalized spacial score (nSPS) is 11.8. The van der Waals surface area contributed by atoms with Crippen molar-refractivity contribution < 1.29 is 14.6 Å². The van der Waals surface area contributed by atoms with Gasteiger partial charge in [0.05, 0.1) is 12.3 Å². The highest BCUT2D eigenvalue weighted by Gasteiger charge is 2.16. The number of hydrogen-bond acceptors (Lipinski definition) is 6. The summed E-state index contributed by atoms with van der Waals surface area (Å²) in [7, 11) is 0. The van der Waals surface area contributed by atoms with Crippen LogP contribution in [0.1, 0.15) is 6.92 Å². The molecule has 0 aromatic heterocycles. The Morgan fingerprint density at radius 3 is 2.79 bits per heavy atom. The summed E-state index contributed by atoms with van der Waals surface area (Å²) in [5.74, 6) is -1.74. The second-order valence-corrected chi connectivity index (χ2v) is 4.04. The fourth-order valence-corrected chi connectivity index (χ4v) is 1.44. The summed E-state index contributed by atoms with van der Waals surface area (Å²) < 4.78 is 5.34. The van der Waals surface area contributed by atoms with Gasteiger partial charge in [-0.25, -0.2) is 4.79 Å². The van der Waals surface area contributed by atoms with Crippen LogP contribution < -0.4 is 0 Å². The molecule has 0 amide bonds. The summed E-state index contributed by atoms with van der Waals surface area (Å²) in [6.07, 6.45) is 0. The number of ether oxygens (including phenoxy) is 1. The van der Waals surface area contributed by atoms with Gasteiger partial charge in [-0.15, -0.1) is 10.2 Å². The highest BCUT2D eigenvalue weighted by atomic mass is 79.9. The average Bonchev–Trinajstić information content (AvgIpc) is 2.41. The molecule has 1 aromatic rings. The van der Waals surface area contributed by atoms with Crippen LogP contribution in [-0.4, -0.2) is 17.7 Å². The van der Waals surface area contributed by atoms with Crippen molar-refractivity contribution in [2.45, 2.75) is 6.92 Å². The highest BCUT2D eigenvalue weighted by molar-refractivity contribution is 9.10. The molecular weight excluding hydrogens is 314 g/mol.